The molecule has 118 valence electrons. The van der Waals surface area contributed by atoms with Crippen LogP contribution in [0, 0.1) is 6.92 Å². The minimum absolute atomic E-state index is 0.0568. The number of benzene rings is 1. The van der Waals surface area contributed by atoms with Crippen LogP contribution in [0.2, 0.25) is 0 Å². The summed E-state index contributed by atoms with van der Waals surface area (Å²) in [6, 6.07) is 6.33. The molecule has 4 unspecified atom stereocenters. The molecule has 21 heavy (non-hydrogen) atoms. The number of ether oxygens (including phenoxy) is 2. The van der Waals surface area contributed by atoms with Crippen molar-refractivity contribution in [2.24, 2.45) is 0 Å². The summed E-state index contributed by atoms with van der Waals surface area (Å²) in [5, 5.41) is 10.0. The Morgan fingerprint density at radius 2 is 1.90 bits per heavy atom. The Balaban J connectivity index is 2.14. The van der Waals surface area contributed by atoms with Crippen LogP contribution in [-0.4, -0.2) is 45.2 Å². The largest absolute Gasteiger partial charge is 0.390 e. The van der Waals surface area contributed by atoms with E-state index in [1.54, 1.807) is 19.1 Å². The van der Waals surface area contributed by atoms with Gasteiger partial charge in [-0.1, -0.05) is 17.7 Å². The van der Waals surface area contributed by atoms with Crippen LogP contribution >= 0.6 is 0 Å². The number of aryl methyl sites for hydroxylation is 1. The summed E-state index contributed by atoms with van der Waals surface area (Å²) in [4.78, 5) is 0.0568. The number of hydrogen-bond acceptors (Lipinski definition) is 6. The molecule has 0 radical (unpaired) electrons. The maximum Gasteiger partial charge on any atom is 0.297 e. The van der Waals surface area contributed by atoms with E-state index in [9.17, 15) is 13.5 Å². The fourth-order valence-corrected chi connectivity index (χ4v) is 3.38. The first-order valence-electron chi connectivity index (χ1n) is 6.70. The molecule has 1 aliphatic heterocycles. The second-order valence-electron chi connectivity index (χ2n) is 5.14. The minimum atomic E-state index is -3.95. The van der Waals surface area contributed by atoms with Crippen molar-refractivity contribution in [3.8, 4) is 0 Å². The second-order valence-corrected chi connectivity index (χ2v) is 6.71. The van der Waals surface area contributed by atoms with E-state index in [1.165, 1.54) is 19.2 Å². The van der Waals surface area contributed by atoms with Crippen LogP contribution in [0.3, 0.4) is 0 Å². The Labute approximate surface area is 124 Å². The first kappa shape index (κ1) is 16.4. The summed E-state index contributed by atoms with van der Waals surface area (Å²) in [5.41, 5.74) is 0.950. The van der Waals surface area contributed by atoms with E-state index in [-0.39, 0.29) is 11.3 Å². The lowest BCUT2D eigenvalue weighted by Gasteiger charge is -2.36. The van der Waals surface area contributed by atoms with Gasteiger partial charge in [0.2, 0.25) is 0 Å². The van der Waals surface area contributed by atoms with Crippen molar-refractivity contribution in [1.29, 1.82) is 0 Å². The second kappa shape index (κ2) is 6.41. The third kappa shape index (κ3) is 3.81. The predicted octanol–water partition coefficient (Wildman–Crippen LogP) is 1.21. The van der Waals surface area contributed by atoms with Gasteiger partial charge in [0, 0.05) is 13.5 Å². The van der Waals surface area contributed by atoms with Crippen molar-refractivity contribution in [2.75, 3.05) is 7.11 Å². The summed E-state index contributed by atoms with van der Waals surface area (Å²) in [7, 11) is -2.48. The standard InChI is InChI=1S/C14H20O6S/c1-9-4-6-11(7-5-9)21(16,17)20-14-10(2)19-13(18-3)8-12(14)15/h4-7,10,12-15H,8H2,1-3H3. The zero-order chi connectivity index (χ0) is 15.6. The molecule has 0 bridgehead atoms. The summed E-state index contributed by atoms with van der Waals surface area (Å²) in [6.07, 6.45) is -2.92. The van der Waals surface area contributed by atoms with Crippen LogP contribution in [0.4, 0.5) is 0 Å². The number of aliphatic hydroxyl groups excluding tert-OH is 1. The monoisotopic (exact) mass is 316 g/mol. The third-order valence-corrected chi connectivity index (χ3v) is 4.78. The smallest absolute Gasteiger partial charge is 0.297 e. The van der Waals surface area contributed by atoms with E-state index >= 15 is 0 Å². The molecule has 7 heteroatoms. The highest BCUT2D eigenvalue weighted by Gasteiger charge is 2.39. The molecule has 0 amide bonds. The van der Waals surface area contributed by atoms with Gasteiger partial charge in [-0.3, -0.25) is 4.18 Å². The number of rotatable bonds is 4. The van der Waals surface area contributed by atoms with Gasteiger partial charge in [0.1, 0.15) is 6.10 Å². The molecule has 0 spiro atoms. The van der Waals surface area contributed by atoms with E-state index in [2.05, 4.69) is 0 Å². The van der Waals surface area contributed by atoms with Gasteiger partial charge in [0.15, 0.2) is 6.29 Å². The Morgan fingerprint density at radius 3 is 2.43 bits per heavy atom. The number of hydrogen-bond donors (Lipinski definition) is 1. The van der Waals surface area contributed by atoms with Gasteiger partial charge in [0.05, 0.1) is 17.1 Å². The molecule has 6 nitrogen and oxygen atoms in total. The van der Waals surface area contributed by atoms with Crippen LogP contribution in [0.5, 0.6) is 0 Å². The molecule has 0 saturated carbocycles. The Kier molecular flexibility index (Phi) is 5.00. The van der Waals surface area contributed by atoms with Gasteiger partial charge in [-0.15, -0.1) is 0 Å². The molecular weight excluding hydrogens is 296 g/mol. The average molecular weight is 316 g/mol. The molecule has 1 aromatic carbocycles. The van der Waals surface area contributed by atoms with Crippen molar-refractivity contribution in [3.05, 3.63) is 29.8 Å². The van der Waals surface area contributed by atoms with Crippen LogP contribution in [-0.2, 0) is 23.8 Å². The molecule has 0 aromatic heterocycles. The molecule has 1 fully saturated rings. The summed E-state index contributed by atoms with van der Waals surface area (Å²) in [6.45, 7) is 3.51. The van der Waals surface area contributed by atoms with Gasteiger partial charge in [-0.05, 0) is 26.0 Å². The van der Waals surface area contributed by atoms with Gasteiger partial charge < -0.3 is 14.6 Å². The maximum atomic E-state index is 12.2. The highest BCUT2D eigenvalue weighted by Crippen LogP contribution is 2.26. The normalized spacial score (nSPS) is 30.3. The van der Waals surface area contributed by atoms with E-state index in [0.29, 0.717) is 0 Å². The van der Waals surface area contributed by atoms with Crippen molar-refractivity contribution >= 4 is 10.1 Å². The first-order valence-corrected chi connectivity index (χ1v) is 8.10. The van der Waals surface area contributed by atoms with Crippen molar-refractivity contribution in [1.82, 2.24) is 0 Å². The third-order valence-electron chi connectivity index (χ3n) is 3.45. The SMILES string of the molecule is COC1CC(O)C(OS(=O)(=O)c2ccc(C)cc2)C(C)O1. The first-order chi connectivity index (χ1) is 9.83. The summed E-state index contributed by atoms with van der Waals surface area (Å²) < 4.78 is 40.1. The summed E-state index contributed by atoms with van der Waals surface area (Å²) in [5.74, 6) is 0. The minimum Gasteiger partial charge on any atom is -0.390 e. The molecule has 4 atom stereocenters. The lowest BCUT2D eigenvalue weighted by atomic mass is 10.0. The van der Waals surface area contributed by atoms with Crippen molar-refractivity contribution in [3.63, 3.8) is 0 Å². The maximum absolute atomic E-state index is 12.2. The zero-order valence-corrected chi connectivity index (χ0v) is 13.0. The molecular formula is C14H20O6S. The number of methoxy groups -OCH3 is 1. The molecule has 1 aromatic rings. The van der Waals surface area contributed by atoms with Crippen molar-refractivity contribution < 1.29 is 27.2 Å². The fraction of sp³-hybridized carbons (Fsp3) is 0.571. The van der Waals surface area contributed by atoms with Crippen LogP contribution in [0.15, 0.2) is 29.2 Å². The van der Waals surface area contributed by atoms with Crippen LogP contribution in [0.1, 0.15) is 18.9 Å². The topological polar surface area (TPSA) is 82.1 Å². The predicted molar refractivity (Wildman–Crippen MR) is 75.2 cm³/mol. The molecule has 0 aliphatic carbocycles. The highest BCUT2D eigenvalue weighted by molar-refractivity contribution is 7.86. The molecule has 1 aliphatic rings. The molecule has 2 rings (SSSR count). The summed E-state index contributed by atoms with van der Waals surface area (Å²) >= 11 is 0. The van der Waals surface area contributed by atoms with Gasteiger partial charge in [-0.25, -0.2) is 0 Å². The Hall–Kier alpha value is -0.990. The van der Waals surface area contributed by atoms with Crippen LogP contribution in [0.25, 0.3) is 0 Å². The van der Waals surface area contributed by atoms with E-state index in [0.717, 1.165) is 5.56 Å². The van der Waals surface area contributed by atoms with Crippen LogP contribution < -0.4 is 0 Å². The number of aliphatic hydroxyl groups is 1. The molecule has 1 heterocycles. The average Bonchev–Trinajstić information content (AvgIpc) is 2.43. The highest BCUT2D eigenvalue weighted by atomic mass is 32.2. The van der Waals surface area contributed by atoms with Gasteiger partial charge in [-0.2, -0.15) is 8.42 Å². The molecule has 1 N–H and O–H groups in total. The Bertz CT molecular complexity index is 556. The fourth-order valence-electron chi connectivity index (χ4n) is 2.22. The Morgan fingerprint density at radius 1 is 1.29 bits per heavy atom. The molecule has 1 saturated heterocycles. The zero-order valence-electron chi connectivity index (χ0n) is 12.2. The lowest BCUT2D eigenvalue weighted by molar-refractivity contribution is -0.231. The van der Waals surface area contributed by atoms with Gasteiger partial charge >= 0.3 is 0 Å². The van der Waals surface area contributed by atoms with Gasteiger partial charge in [0.25, 0.3) is 10.1 Å². The van der Waals surface area contributed by atoms with Crippen molar-refractivity contribution in [2.45, 2.75) is 49.8 Å². The quantitative estimate of drug-likeness (QED) is 0.841. The van der Waals surface area contributed by atoms with E-state index in [4.69, 9.17) is 13.7 Å². The van der Waals surface area contributed by atoms with E-state index < -0.39 is 34.7 Å². The lowest BCUT2D eigenvalue weighted by Crippen LogP contribution is -2.49. The van der Waals surface area contributed by atoms with E-state index in [1.807, 2.05) is 6.92 Å².